The van der Waals surface area contributed by atoms with Crippen molar-refractivity contribution in [2.75, 3.05) is 0 Å². The lowest BCUT2D eigenvalue weighted by atomic mass is 9.86. The van der Waals surface area contributed by atoms with Gasteiger partial charge in [-0.15, -0.1) is 0 Å². The van der Waals surface area contributed by atoms with E-state index in [-0.39, 0.29) is 18.6 Å². The van der Waals surface area contributed by atoms with E-state index in [0.717, 1.165) is 39.7 Å². The number of benzene rings is 1. The molecule has 0 aliphatic carbocycles. The summed E-state index contributed by atoms with van der Waals surface area (Å²) in [5.74, 6) is -0.711. The first kappa shape index (κ1) is 18.8. The van der Waals surface area contributed by atoms with Gasteiger partial charge in [0.15, 0.2) is 5.60 Å². The molecule has 0 saturated heterocycles. The minimum atomic E-state index is -1.81. The van der Waals surface area contributed by atoms with Crippen LogP contribution in [0.15, 0.2) is 35.6 Å². The molecular weight excluding hydrogens is 380 g/mol. The van der Waals surface area contributed by atoms with Gasteiger partial charge in [0.25, 0.3) is 5.56 Å². The van der Waals surface area contributed by atoms with E-state index in [2.05, 4.69) is 25.6 Å². The number of hydrogen-bond donors (Lipinski definition) is 1. The van der Waals surface area contributed by atoms with Crippen LogP contribution in [0, 0.1) is 0 Å². The molecule has 0 spiro atoms. The maximum atomic E-state index is 13.2. The second-order valence-corrected chi connectivity index (χ2v) is 7.91. The summed E-state index contributed by atoms with van der Waals surface area (Å²) in [4.78, 5) is 30.4. The Hall–Kier alpha value is -3.25. The fourth-order valence-corrected chi connectivity index (χ4v) is 4.58. The number of carbonyl (C=O) groups is 1. The number of esters is 1. The van der Waals surface area contributed by atoms with Gasteiger partial charge in [-0.05, 0) is 48.2 Å². The fourth-order valence-electron chi connectivity index (χ4n) is 4.58. The van der Waals surface area contributed by atoms with Crippen molar-refractivity contribution < 1.29 is 14.6 Å². The predicted molar refractivity (Wildman–Crippen MR) is 114 cm³/mol. The quantitative estimate of drug-likeness (QED) is 0.532. The molecule has 152 valence electrons. The molecule has 4 heterocycles. The number of carbonyl (C=O) groups excluding carboxylic acids is 1. The minimum absolute atomic E-state index is 0.121. The third-order valence-corrected chi connectivity index (χ3v) is 6.33. The smallest absolute Gasteiger partial charge is 0.343 e. The fraction of sp³-hybridized carbons (Fsp3) is 0.292. The summed E-state index contributed by atoms with van der Waals surface area (Å²) in [6, 6.07) is 7.95. The lowest BCUT2D eigenvalue weighted by molar-refractivity contribution is -0.172. The maximum absolute atomic E-state index is 13.2. The van der Waals surface area contributed by atoms with Crippen LogP contribution < -0.4 is 5.56 Å². The van der Waals surface area contributed by atoms with Crippen molar-refractivity contribution in [1.29, 1.82) is 0 Å². The van der Waals surface area contributed by atoms with Gasteiger partial charge >= 0.3 is 5.97 Å². The topological polar surface area (TPSA) is 81.4 Å². The highest BCUT2D eigenvalue weighted by Crippen LogP contribution is 2.39. The van der Waals surface area contributed by atoms with Gasteiger partial charge < -0.3 is 14.4 Å². The van der Waals surface area contributed by atoms with Crippen LogP contribution in [0.1, 0.15) is 48.1 Å². The van der Waals surface area contributed by atoms with E-state index in [1.165, 1.54) is 0 Å². The van der Waals surface area contributed by atoms with E-state index in [9.17, 15) is 14.7 Å². The van der Waals surface area contributed by atoms with Crippen LogP contribution >= 0.6 is 0 Å². The Morgan fingerprint density at radius 3 is 2.77 bits per heavy atom. The molecular formula is C24H22N2O4. The molecule has 2 aliphatic heterocycles. The standard InChI is InChI=1S/C24H22N2O4/c1-4-13-7-14(5-2)20-15(8-13)9-16-11-26-19(21(16)25-20)10-18-17(22(26)27)12-30-23(28)24(18,29)6-3/h4,7-10,29H,1,5-6,11-12H2,2-3H3/t24-/m0/s1. The highest BCUT2D eigenvalue weighted by molar-refractivity contribution is 5.89. The molecule has 2 aromatic heterocycles. The minimum Gasteiger partial charge on any atom is -0.458 e. The Balaban J connectivity index is 1.80. The summed E-state index contributed by atoms with van der Waals surface area (Å²) in [6.07, 6.45) is 2.77. The number of nitrogens with zero attached hydrogens (tertiary/aromatic N) is 2. The molecule has 0 fully saturated rings. The van der Waals surface area contributed by atoms with Crippen molar-refractivity contribution in [2.45, 2.75) is 45.4 Å². The van der Waals surface area contributed by atoms with Crippen LogP contribution in [0.3, 0.4) is 0 Å². The summed E-state index contributed by atoms with van der Waals surface area (Å²) in [7, 11) is 0. The van der Waals surface area contributed by atoms with Crippen molar-refractivity contribution in [1.82, 2.24) is 9.55 Å². The summed E-state index contributed by atoms with van der Waals surface area (Å²) in [6.45, 7) is 7.93. The van der Waals surface area contributed by atoms with Crippen LogP contribution in [0.4, 0.5) is 0 Å². The van der Waals surface area contributed by atoms with Crippen molar-refractivity contribution in [2.24, 2.45) is 0 Å². The lowest BCUT2D eigenvalue weighted by Crippen LogP contribution is -2.44. The van der Waals surface area contributed by atoms with Crippen molar-refractivity contribution >= 4 is 22.9 Å². The van der Waals surface area contributed by atoms with Crippen LogP contribution in [-0.4, -0.2) is 20.6 Å². The van der Waals surface area contributed by atoms with Gasteiger partial charge in [-0.25, -0.2) is 9.78 Å². The van der Waals surface area contributed by atoms with Crippen LogP contribution in [0.2, 0.25) is 0 Å². The van der Waals surface area contributed by atoms with Gasteiger partial charge in [0.05, 0.1) is 29.0 Å². The molecule has 0 amide bonds. The molecule has 5 rings (SSSR count). The molecule has 0 saturated carbocycles. The van der Waals surface area contributed by atoms with Gasteiger partial charge in [0.2, 0.25) is 0 Å². The van der Waals surface area contributed by atoms with Crippen LogP contribution in [0.25, 0.3) is 28.4 Å². The first-order valence-corrected chi connectivity index (χ1v) is 10.2. The maximum Gasteiger partial charge on any atom is 0.343 e. The Bertz CT molecular complexity index is 1320. The molecule has 1 aromatic carbocycles. The van der Waals surface area contributed by atoms with Crippen LogP contribution in [-0.2, 0) is 34.7 Å². The predicted octanol–water partition coefficient (Wildman–Crippen LogP) is 3.29. The SMILES string of the molecule is C=Cc1cc(CC)c2nc3c(cc2c1)Cn1c-3cc2c(c1=O)COC(=O)[C@]2(O)CC. The second-order valence-electron chi connectivity index (χ2n) is 7.91. The number of cyclic esters (lactones) is 1. The van der Waals surface area contributed by atoms with Gasteiger partial charge in [0.1, 0.15) is 6.61 Å². The Morgan fingerprint density at radius 2 is 2.07 bits per heavy atom. The molecule has 6 heteroatoms. The summed E-state index contributed by atoms with van der Waals surface area (Å²) < 4.78 is 6.78. The number of aryl methyl sites for hydroxylation is 1. The summed E-state index contributed by atoms with van der Waals surface area (Å²) in [5, 5.41) is 12.0. The Labute approximate surface area is 173 Å². The number of hydrogen-bond acceptors (Lipinski definition) is 5. The number of aromatic nitrogens is 2. The Kier molecular flexibility index (Phi) is 3.98. The van der Waals surface area contributed by atoms with E-state index in [1.54, 1.807) is 17.6 Å². The highest BCUT2D eigenvalue weighted by Gasteiger charge is 2.45. The number of fused-ring (bicyclic) bond motifs is 5. The number of ether oxygens (including phenoxy) is 1. The third kappa shape index (κ3) is 2.37. The van der Waals surface area contributed by atoms with E-state index in [0.29, 0.717) is 23.4 Å². The molecule has 0 bridgehead atoms. The first-order chi connectivity index (χ1) is 14.4. The van der Waals surface area contributed by atoms with E-state index in [1.807, 2.05) is 12.1 Å². The van der Waals surface area contributed by atoms with E-state index < -0.39 is 11.6 Å². The number of aliphatic hydroxyl groups is 1. The third-order valence-electron chi connectivity index (χ3n) is 6.33. The zero-order valence-corrected chi connectivity index (χ0v) is 17.0. The Morgan fingerprint density at radius 1 is 1.27 bits per heavy atom. The van der Waals surface area contributed by atoms with E-state index >= 15 is 0 Å². The van der Waals surface area contributed by atoms with Crippen molar-refractivity contribution in [3.63, 3.8) is 0 Å². The highest BCUT2D eigenvalue weighted by atomic mass is 16.6. The number of pyridine rings is 2. The average Bonchev–Trinajstić information content (AvgIpc) is 3.12. The van der Waals surface area contributed by atoms with Crippen molar-refractivity contribution in [3.8, 4) is 11.4 Å². The molecule has 1 atom stereocenters. The lowest BCUT2D eigenvalue weighted by Gasteiger charge is -2.31. The normalized spacial score (nSPS) is 19.2. The molecule has 3 aromatic rings. The molecule has 0 unspecified atom stereocenters. The summed E-state index contributed by atoms with van der Waals surface area (Å²) in [5.41, 5.74) is 3.95. The average molecular weight is 402 g/mol. The van der Waals surface area contributed by atoms with Gasteiger partial charge in [-0.1, -0.05) is 26.5 Å². The van der Waals surface area contributed by atoms with Crippen molar-refractivity contribution in [3.05, 3.63) is 69.0 Å². The molecule has 30 heavy (non-hydrogen) atoms. The molecule has 1 N–H and O–H groups in total. The van der Waals surface area contributed by atoms with Crippen LogP contribution in [0.5, 0.6) is 0 Å². The van der Waals surface area contributed by atoms with E-state index in [4.69, 9.17) is 9.72 Å². The zero-order chi connectivity index (χ0) is 21.2. The molecule has 2 aliphatic rings. The molecule has 6 nitrogen and oxygen atoms in total. The number of rotatable bonds is 3. The monoisotopic (exact) mass is 402 g/mol. The zero-order valence-electron chi connectivity index (χ0n) is 17.0. The largest absolute Gasteiger partial charge is 0.458 e. The first-order valence-electron chi connectivity index (χ1n) is 10.2. The van der Waals surface area contributed by atoms with Gasteiger partial charge in [0, 0.05) is 16.5 Å². The van der Waals surface area contributed by atoms with Gasteiger partial charge in [-0.3, -0.25) is 4.79 Å². The van der Waals surface area contributed by atoms with Gasteiger partial charge in [-0.2, -0.15) is 0 Å². The summed E-state index contributed by atoms with van der Waals surface area (Å²) >= 11 is 0. The second kappa shape index (κ2) is 6.37. The molecule has 0 radical (unpaired) electrons.